The second-order valence-electron chi connectivity index (χ2n) is 5.81. The highest BCUT2D eigenvalue weighted by Gasteiger charge is 2.33. The second-order valence-corrected chi connectivity index (χ2v) is 6.63. The van der Waals surface area contributed by atoms with Crippen LogP contribution >= 0.6 is 23.2 Å². The first-order valence-corrected chi connectivity index (χ1v) is 8.11. The lowest BCUT2D eigenvalue weighted by atomic mass is 9.97. The molecular formula is C15H19Cl2N3. The molecule has 2 aromatic rings. The summed E-state index contributed by atoms with van der Waals surface area (Å²) in [5.74, 6) is 3.00. The van der Waals surface area contributed by atoms with Gasteiger partial charge in [-0.15, -0.1) is 11.6 Å². The van der Waals surface area contributed by atoms with Crippen molar-refractivity contribution in [2.75, 3.05) is 5.88 Å². The number of halogens is 2. The number of fused-ring (bicyclic) bond motifs is 1. The van der Waals surface area contributed by atoms with Gasteiger partial charge in [0.2, 0.25) is 0 Å². The Labute approximate surface area is 129 Å². The second kappa shape index (κ2) is 5.53. The molecule has 0 amide bonds. The molecule has 0 spiro atoms. The molecule has 0 bridgehead atoms. The van der Waals surface area contributed by atoms with E-state index in [9.17, 15) is 0 Å². The van der Waals surface area contributed by atoms with Crippen molar-refractivity contribution < 1.29 is 0 Å². The summed E-state index contributed by atoms with van der Waals surface area (Å²) in [5.41, 5.74) is 1.82. The molecule has 20 heavy (non-hydrogen) atoms. The Morgan fingerprint density at radius 2 is 2.15 bits per heavy atom. The van der Waals surface area contributed by atoms with Gasteiger partial charge in [0, 0.05) is 24.5 Å². The van der Waals surface area contributed by atoms with Gasteiger partial charge in [0.25, 0.3) is 0 Å². The normalized spacial score (nSPS) is 26.5. The summed E-state index contributed by atoms with van der Waals surface area (Å²) in [4.78, 5) is 9.21. The van der Waals surface area contributed by atoms with Gasteiger partial charge in [0.1, 0.15) is 11.3 Å². The van der Waals surface area contributed by atoms with E-state index in [0.717, 1.165) is 29.3 Å². The maximum absolute atomic E-state index is 6.03. The number of aromatic nitrogens is 3. The van der Waals surface area contributed by atoms with Crippen LogP contribution in [0, 0.1) is 11.8 Å². The number of hydrogen-bond donors (Lipinski definition) is 0. The van der Waals surface area contributed by atoms with Crippen molar-refractivity contribution in [1.29, 1.82) is 0 Å². The lowest BCUT2D eigenvalue weighted by Gasteiger charge is -2.22. The highest BCUT2D eigenvalue weighted by Crippen LogP contribution is 2.41. The molecule has 1 aliphatic rings. The van der Waals surface area contributed by atoms with Crippen LogP contribution in [0.2, 0.25) is 5.02 Å². The number of alkyl halides is 1. The van der Waals surface area contributed by atoms with Gasteiger partial charge in [0.15, 0.2) is 5.65 Å². The molecule has 5 heteroatoms. The quantitative estimate of drug-likeness (QED) is 0.783. The molecular weight excluding hydrogens is 293 g/mol. The van der Waals surface area contributed by atoms with Gasteiger partial charge in [-0.3, -0.25) is 0 Å². The molecule has 0 aromatic carbocycles. The maximum Gasteiger partial charge on any atom is 0.160 e. The number of pyridine rings is 1. The topological polar surface area (TPSA) is 30.7 Å². The molecule has 3 atom stereocenters. The van der Waals surface area contributed by atoms with Crippen LogP contribution in [0.25, 0.3) is 11.2 Å². The predicted octanol–water partition coefficient (Wildman–Crippen LogP) is 4.47. The molecule has 1 fully saturated rings. The molecule has 3 rings (SSSR count). The predicted molar refractivity (Wildman–Crippen MR) is 83.6 cm³/mol. The first-order chi connectivity index (χ1) is 9.61. The van der Waals surface area contributed by atoms with Gasteiger partial charge < -0.3 is 4.57 Å². The van der Waals surface area contributed by atoms with E-state index in [1.54, 1.807) is 6.20 Å². The van der Waals surface area contributed by atoms with E-state index >= 15 is 0 Å². The highest BCUT2D eigenvalue weighted by atomic mass is 35.5. The van der Waals surface area contributed by atoms with Crippen molar-refractivity contribution in [3.05, 3.63) is 23.1 Å². The number of imidazole rings is 1. The van der Waals surface area contributed by atoms with Gasteiger partial charge in [0.05, 0.1) is 5.02 Å². The lowest BCUT2D eigenvalue weighted by molar-refractivity contribution is 0.351. The Morgan fingerprint density at radius 3 is 2.80 bits per heavy atom. The summed E-state index contributed by atoms with van der Waals surface area (Å²) in [6, 6.07) is 2.36. The van der Waals surface area contributed by atoms with Gasteiger partial charge in [-0.25, -0.2) is 9.97 Å². The van der Waals surface area contributed by atoms with Crippen LogP contribution in [0.4, 0.5) is 0 Å². The molecule has 3 unspecified atom stereocenters. The Balaban J connectivity index is 2.14. The van der Waals surface area contributed by atoms with Crippen LogP contribution in [0.15, 0.2) is 12.3 Å². The SMILES string of the molecule is CC1CCC(n2c(CCCl)nc3cc(Cl)cnc32)C1C. The smallest absolute Gasteiger partial charge is 0.160 e. The Bertz CT molecular complexity index is 623. The summed E-state index contributed by atoms with van der Waals surface area (Å²) >= 11 is 12.0. The number of aryl methyl sites for hydroxylation is 1. The van der Waals surface area contributed by atoms with E-state index in [0.29, 0.717) is 22.9 Å². The van der Waals surface area contributed by atoms with E-state index in [1.807, 2.05) is 6.07 Å². The third-order valence-electron chi connectivity index (χ3n) is 4.64. The summed E-state index contributed by atoms with van der Waals surface area (Å²) < 4.78 is 2.31. The largest absolute Gasteiger partial charge is 0.309 e. The molecule has 2 aromatic heterocycles. The minimum Gasteiger partial charge on any atom is -0.309 e. The monoisotopic (exact) mass is 311 g/mol. The summed E-state index contributed by atoms with van der Waals surface area (Å²) in [5, 5.41) is 0.632. The fraction of sp³-hybridized carbons (Fsp3) is 0.600. The third kappa shape index (κ3) is 2.31. The Kier molecular flexibility index (Phi) is 3.91. The van der Waals surface area contributed by atoms with Gasteiger partial charge in [-0.2, -0.15) is 0 Å². The Hall–Kier alpha value is -0.800. The number of hydrogen-bond acceptors (Lipinski definition) is 2. The molecule has 108 valence electrons. The van der Waals surface area contributed by atoms with E-state index in [2.05, 4.69) is 23.4 Å². The Morgan fingerprint density at radius 1 is 1.35 bits per heavy atom. The molecule has 1 aliphatic carbocycles. The first kappa shape index (κ1) is 14.2. The van der Waals surface area contributed by atoms with E-state index < -0.39 is 0 Å². The molecule has 3 nitrogen and oxygen atoms in total. The summed E-state index contributed by atoms with van der Waals surface area (Å²) in [6.45, 7) is 4.66. The van der Waals surface area contributed by atoms with Crippen LogP contribution < -0.4 is 0 Å². The fourth-order valence-corrected chi connectivity index (χ4v) is 3.64. The average Bonchev–Trinajstić information content (AvgIpc) is 2.91. The van der Waals surface area contributed by atoms with E-state index in [-0.39, 0.29) is 0 Å². The minimum atomic E-state index is 0.474. The van der Waals surface area contributed by atoms with Gasteiger partial charge >= 0.3 is 0 Å². The zero-order valence-electron chi connectivity index (χ0n) is 11.8. The van der Waals surface area contributed by atoms with Crippen LogP contribution in [0.3, 0.4) is 0 Å². The van der Waals surface area contributed by atoms with Crippen molar-refractivity contribution in [2.45, 2.75) is 39.2 Å². The van der Waals surface area contributed by atoms with Crippen LogP contribution in [-0.2, 0) is 6.42 Å². The fourth-order valence-electron chi connectivity index (χ4n) is 3.32. The first-order valence-electron chi connectivity index (χ1n) is 7.20. The maximum atomic E-state index is 6.03. The van der Waals surface area contributed by atoms with Gasteiger partial charge in [-0.05, 0) is 30.7 Å². The van der Waals surface area contributed by atoms with Gasteiger partial charge in [-0.1, -0.05) is 25.4 Å². The molecule has 0 radical (unpaired) electrons. The lowest BCUT2D eigenvalue weighted by Crippen LogP contribution is -2.17. The molecule has 2 heterocycles. The van der Waals surface area contributed by atoms with Crippen LogP contribution in [0.1, 0.15) is 38.6 Å². The van der Waals surface area contributed by atoms with Crippen molar-refractivity contribution in [3.63, 3.8) is 0 Å². The van der Waals surface area contributed by atoms with Crippen LogP contribution in [-0.4, -0.2) is 20.4 Å². The third-order valence-corrected chi connectivity index (χ3v) is 5.04. The van der Waals surface area contributed by atoms with Crippen LogP contribution in [0.5, 0.6) is 0 Å². The number of rotatable bonds is 3. The number of nitrogens with zero attached hydrogens (tertiary/aromatic N) is 3. The molecule has 0 aliphatic heterocycles. The van der Waals surface area contributed by atoms with Crippen molar-refractivity contribution >= 4 is 34.4 Å². The van der Waals surface area contributed by atoms with E-state index in [1.165, 1.54) is 12.8 Å². The van der Waals surface area contributed by atoms with E-state index in [4.69, 9.17) is 28.2 Å². The highest BCUT2D eigenvalue weighted by molar-refractivity contribution is 6.31. The summed E-state index contributed by atoms with van der Waals surface area (Å²) in [6.07, 6.45) is 4.93. The zero-order chi connectivity index (χ0) is 14.3. The van der Waals surface area contributed by atoms with Crippen molar-refractivity contribution in [3.8, 4) is 0 Å². The zero-order valence-corrected chi connectivity index (χ0v) is 13.3. The standard InChI is InChI=1S/C15H19Cl2N3/c1-9-3-4-13(10(9)2)20-14(5-6-16)19-12-7-11(17)8-18-15(12)20/h7-10,13H,3-6H2,1-2H3. The minimum absolute atomic E-state index is 0.474. The average molecular weight is 312 g/mol. The molecule has 0 N–H and O–H groups in total. The molecule has 1 saturated carbocycles. The summed E-state index contributed by atoms with van der Waals surface area (Å²) in [7, 11) is 0. The van der Waals surface area contributed by atoms with Crippen molar-refractivity contribution in [1.82, 2.24) is 14.5 Å². The molecule has 0 saturated heterocycles. The van der Waals surface area contributed by atoms with Crippen molar-refractivity contribution in [2.24, 2.45) is 11.8 Å².